The highest BCUT2D eigenvalue weighted by Crippen LogP contribution is 2.25. The zero-order chi connectivity index (χ0) is 22.4. The number of fused-ring (bicyclic) bond motifs is 1. The summed E-state index contributed by atoms with van der Waals surface area (Å²) >= 11 is 5.86. The molecule has 0 aliphatic heterocycles. The Kier molecular flexibility index (Phi) is 7.14. The molecule has 0 heterocycles. The first-order chi connectivity index (χ1) is 14.9. The zero-order valence-electron chi connectivity index (χ0n) is 16.8. The van der Waals surface area contributed by atoms with Crippen LogP contribution in [0.15, 0.2) is 54.6 Å². The van der Waals surface area contributed by atoms with Crippen molar-refractivity contribution in [3.8, 4) is 17.6 Å². The van der Waals surface area contributed by atoms with E-state index in [1.54, 1.807) is 12.1 Å². The van der Waals surface area contributed by atoms with Crippen molar-refractivity contribution in [3.63, 3.8) is 0 Å². The fraction of sp³-hybridized carbons (Fsp3) is 0.167. The first-order valence-corrected chi connectivity index (χ1v) is 10.0. The molecule has 0 saturated carbocycles. The Morgan fingerprint density at radius 2 is 1.90 bits per heavy atom. The van der Waals surface area contributed by atoms with Gasteiger partial charge in [-0.3, -0.25) is 10.2 Å². The van der Waals surface area contributed by atoms with Crippen molar-refractivity contribution in [2.24, 2.45) is 5.84 Å². The van der Waals surface area contributed by atoms with Crippen LogP contribution >= 0.6 is 11.6 Å². The fourth-order valence-corrected chi connectivity index (χ4v) is 3.25. The number of nitrogens with two attached hydrogens (primary N) is 1. The summed E-state index contributed by atoms with van der Waals surface area (Å²) in [6, 6.07) is 15.1. The third-order valence-electron chi connectivity index (χ3n) is 4.77. The molecule has 158 valence electrons. The molecule has 3 aromatic carbocycles. The number of esters is 1. The summed E-state index contributed by atoms with van der Waals surface area (Å²) in [4.78, 5) is 24.4. The normalized spacial score (nSPS) is 11.3. The van der Waals surface area contributed by atoms with E-state index in [9.17, 15) is 14.7 Å². The van der Waals surface area contributed by atoms with Gasteiger partial charge in [0.1, 0.15) is 11.9 Å². The van der Waals surface area contributed by atoms with E-state index in [4.69, 9.17) is 22.2 Å². The minimum Gasteiger partial charge on any atom is -0.506 e. The lowest BCUT2D eigenvalue weighted by atomic mass is 9.99. The van der Waals surface area contributed by atoms with Gasteiger partial charge < -0.3 is 9.84 Å². The Hall–Kier alpha value is -3.53. The number of aromatic hydroxyl groups is 1. The van der Waals surface area contributed by atoms with Crippen molar-refractivity contribution in [2.45, 2.75) is 25.9 Å². The van der Waals surface area contributed by atoms with Gasteiger partial charge in [0.05, 0.1) is 10.6 Å². The summed E-state index contributed by atoms with van der Waals surface area (Å²) in [5.41, 5.74) is 3.64. The summed E-state index contributed by atoms with van der Waals surface area (Å²) < 4.78 is 5.52. The van der Waals surface area contributed by atoms with Crippen molar-refractivity contribution < 1.29 is 19.4 Å². The average Bonchev–Trinajstić information content (AvgIpc) is 2.79. The smallest absolute Gasteiger partial charge is 0.338 e. The fourth-order valence-electron chi connectivity index (χ4n) is 3.07. The highest BCUT2D eigenvalue weighted by Gasteiger charge is 2.15. The number of ether oxygens (including phenoxy) is 1. The lowest BCUT2D eigenvalue weighted by Gasteiger charge is -2.13. The topological polar surface area (TPSA) is 102 Å². The van der Waals surface area contributed by atoms with Crippen LogP contribution in [0.5, 0.6) is 5.75 Å². The Labute approximate surface area is 184 Å². The van der Waals surface area contributed by atoms with Gasteiger partial charge >= 0.3 is 5.97 Å². The van der Waals surface area contributed by atoms with Crippen molar-refractivity contribution in [1.29, 1.82) is 0 Å². The van der Waals surface area contributed by atoms with Crippen LogP contribution in [0.25, 0.3) is 10.8 Å². The molecule has 1 unspecified atom stereocenters. The van der Waals surface area contributed by atoms with E-state index < -0.39 is 12.1 Å². The second-order valence-corrected chi connectivity index (χ2v) is 7.19. The van der Waals surface area contributed by atoms with E-state index in [2.05, 4.69) is 17.3 Å². The summed E-state index contributed by atoms with van der Waals surface area (Å²) in [5.74, 6) is 10.4. The molecule has 0 radical (unpaired) electrons. The molecule has 31 heavy (non-hydrogen) atoms. The largest absolute Gasteiger partial charge is 0.506 e. The molecule has 0 saturated heterocycles. The van der Waals surface area contributed by atoms with Crippen LogP contribution < -0.4 is 11.3 Å². The van der Waals surface area contributed by atoms with Gasteiger partial charge in [-0.2, -0.15) is 0 Å². The van der Waals surface area contributed by atoms with Crippen LogP contribution in [0, 0.1) is 11.8 Å². The van der Waals surface area contributed by atoms with E-state index in [-0.39, 0.29) is 22.2 Å². The van der Waals surface area contributed by atoms with Crippen LogP contribution in [0.4, 0.5) is 0 Å². The number of carbonyl (C=O) groups excluding carboxylic acids is 2. The zero-order valence-corrected chi connectivity index (χ0v) is 17.6. The van der Waals surface area contributed by atoms with Crippen LogP contribution in [-0.2, 0) is 4.74 Å². The number of hydrogen-bond donors (Lipinski definition) is 3. The number of nitrogens with one attached hydrogen (secondary N) is 1. The maximum atomic E-state index is 12.4. The second kappa shape index (κ2) is 9.98. The van der Waals surface area contributed by atoms with Crippen LogP contribution in [0.1, 0.15) is 46.0 Å². The van der Waals surface area contributed by atoms with Gasteiger partial charge in [0, 0.05) is 17.5 Å². The molecule has 0 aliphatic carbocycles. The molecule has 3 aromatic rings. The number of phenolic OH excluding ortho intramolecular Hbond substituents is 1. The number of nitrogen functional groups attached to an aromatic ring is 1. The number of hydrazine groups is 1. The van der Waals surface area contributed by atoms with Gasteiger partial charge in [0.2, 0.25) is 0 Å². The van der Waals surface area contributed by atoms with E-state index in [1.165, 1.54) is 18.2 Å². The molecule has 0 aliphatic rings. The first kappa shape index (κ1) is 22.2. The molecule has 3 rings (SSSR count). The van der Waals surface area contributed by atoms with Crippen LogP contribution in [-0.4, -0.2) is 23.1 Å². The molecule has 0 spiro atoms. The van der Waals surface area contributed by atoms with Gasteiger partial charge in [-0.25, -0.2) is 10.6 Å². The average molecular weight is 437 g/mol. The Morgan fingerprint density at radius 3 is 2.58 bits per heavy atom. The van der Waals surface area contributed by atoms with E-state index in [0.29, 0.717) is 18.4 Å². The molecule has 0 fully saturated rings. The molecular weight excluding hydrogens is 416 g/mol. The summed E-state index contributed by atoms with van der Waals surface area (Å²) in [6.07, 6.45) is 0.525. The summed E-state index contributed by atoms with van der Waals surface area (Å²) in [7, 11) is 0. The van der Waals surface area contributed by atoms with Gasteiger partial charge in [0.25, 0.3) is 5.91 Å². The molecule has 1 amide bonds. The molecule has 0 aromatic heterocycles. The van der Waals surface area contributed by atoms with Gasteiger partial charge in [-0.1, -0.05) is 54.6 Å². The van der Waals surface area contributed by atoms with Gasteiger partial charge in [0.15, 0.2) is 0 Å². The standard InChI is InChI=1S/C24H21ClN2O4/c1-2-17(31-24(30)16-11-13-22(28)21(25)14-16)7-5-6-15-10-12-20(23(29)27-26)19-9-4-3-8-18(15)19/h3-4,8-14,17,28H,2,7,26H2,1H3,(H,27,29). The minimum atomic E-state index is -0.529. The van der Waals surface area contributed by atoms with E-state index in [0.717, 1.165) is 16.3 Å². The number of phenols is 1. The van der Waals surface area contributed by atoms with E-state index >= 15 is 0 Å². The third kappa shape index (κ3) is 5.15. The number of amides is 1. The van der Waals surface area contributed by atoms with E-state index in [1.807, 2.05) is 31.2 Å². The minimum absolute atomic E-state index is 0.0842. The van der Waals surface area contributed by atoms with Crippen LogP contribution in [0.3, 0.4) is 0 Å². The summed E-state index contributed by atoms with van der Waals surface area (Å²) in [6.45, 7) is 1.90. The SMILES string of the molecule is CCC(CC#Cc1ccc(C(=O)NN)c2ccccc12)OC(=O)c1ccc(O)c(Cl)c1. The lowest BCUT2D eigenvalue weighted by Crippen LogP contribution is -2.30. The molecule has 6 nitrogen and oxygen atoms in total. The van der Waals surface area contributed by atoms with Crippen molar-refractivity contribution in [2.75, 3.05) is 0 Å². The number of halogens is 1. The Balaban J connectivity index is 1.77. The van der Waals surface area contributed by atoms with Crippen molar-refractivity contribution >= 4 is 34.2 Å². The van der Waals surface area contributed by atoms with Gasteiger partial charge in [-0.05, 0) is 47.5 Å². The van der Waals surface area contributed by atoms with Crippen molar-refractivity contribution in [1.82, 2.24) is 5.43 Å². The maximum Gasteiger partial charge on any atom is 0.338 e. The maximum absolute atomic E-state index is 12.4. The highest BCUT2D eigenvalue weighted by atomic mass is 35.5. The predicted octanol–water partition coefficient (Wildman–Crippen LogP) is 4.18. The number of hydrogen-bond acceptors (Lipinski definition) is 5. The number of rotatable bonds is 5. The van der Waals surface area contributed by atoms with Crippen LogP contribution in [0.2, 0.25) is 5.02 Å². The second-order valence-electron chi connectivity index (χ2n) is 6.79. The monoisotopic (exact) mass is 436 g/mol. The molecule has 4 N–H and O–H groups in total. The highest BCUT2D eigenvalue weighted by molar-refractivity contribution is 6.32. The number of benzene rings is 3. The summed E-state index contributed by atoms with van der Waals surface area (Å²) in [5, 5.41) is 11.2. The third-order valence-corrected chi connectivity index (χ3v) is 5.07. The molecule has 0 bridgehead atoms. The Bertz CT molecular complexity index is 1200. The lowest BCUT2D eigenvalue weighted by molar-refractivity contribution is 0.0304. The van der Waals surface area contributed by atoms with Gasteiger partial charge in [-0.15, -0.1) is 0 Å². The molecule has 1 atom stereocenters. The molecular formula is C24H21ClN2O4. The predicted molar refractivity (Wildman–Crippen MR) is 120 cm³/mol. The van der Waals surface area contributed by atoms with Crippen molar-refractivity contribution in [3.05, 3.63) is 76.3 Å². The Morgan fingerprint density at radius 1 is 1.16 bits per heavy atom. The first-order valence-electron chi connectivity index (χ1n) is 9.65. The quantitative estimate of drug-likeness (QED) is 0.183. The molecule has 7 heteroatoms. The number of carbonyl (C=O) groups is 2.